The van der Waals surface area contributed by atoms with Gasteiger partial charge in [-0.2, -0.15) is 0 Å². The minimum atomic E-state index is 0.0358. The van der Waals surface area contributed by atoms with Gasteiger partial charge in [-0.3, -0.25) is 4.79 Å². The molecule has 1 heterocycles. The molecule has 0 fully saturated rings. The number of rotatable bonds is 6. The smallest absolute Gasteiger partial charge is 0.187 e. The molecule has 2 aromatic carbocycles. The second-order valence-electron chi connectivity index (χ2n) is 4.68. The Bertz CT molecular complexity index is 762. The Hall–Kier alpha value is -2.66. The van der Waals surface area contributed by atoms with Crippen LogP contribution in [0.15, 0.2) is 78.2 Å². The van der Waals surface area contributed by atoms with Gasteiger partial charge >= 0.3 is 0 Å². The Balaban J connectivity index is 1.59. The molecule has 0 atom stereocenters. The summed E-state index contributed by atoms with van der Waals surface area (Å²) in [5.74, 6) is 1.81. The van der Waals surface area contributed by atoms with Gasteiger partial charge < -0.3 is 4.74 Å². The van der Waals surface area contributed by atoms with Gasteiger partial charge in [-0.25, -0.2) is 9.97 Å². The van der Waals surface area contributed by atoms with E-state index < -0.39 is 0 Å². The summed E-state index contributed by atoms with van der Waals surface area (Å²) in [4.78, 5) is 20.3. The van der Waals surface area contributed by atoms with Crippen LogP contribution in [-0.2, 0) is 0 Å². The van der Waals surface area contributed by atoms with E-state index in [0.717, 1.165) is 5.75 Å². The third-order valence-corrected chi connectivity index (χ3v) is 3.91. The van der Waals surface area contributed by atoms with Crippen molar-refractivity contribution in [2.75, 3.05) is 5.75 Å². The number of ketones is 1. The summed E-state index contributed by atoms with van der Waals surface area (Å²) in [5.41, 5.74) is 0.647. The Labute approximate surface area is 138 Å². The Kier molecular flexibility index (Phi) is 5.01. The van der Waals surface area contributed by atoms with E-state index in [1.165, 1.54) is 11.8 Å². The van der Waals surface area contributed by atoms with Gasteiger partial charge in [0.15, 0.2) is 10.9 Å². The quantitative estimate of drug-likeness (QED) is 0.386. The molecule has 0 aliphatic rings. The van der Waals surface area contributed by atoms with Crippen molar-refractivity contribution in [2.24, 2.45) is 0 Å². The third-order valence-electron chi connectivity index (χ3n) is 3.03. The van der Waals surface area contributed by atoms with E-state index in [1.54, 1.807) is 42.7 Å². The number of carbonyl (C=O) groups is 1. The van der Waals surface area contributed by atoms with Crippen molar-refractivity contribution in [3.8, 4) is 11.5 Å². The highest BCUT2D eigenvalue weighted by molar-refractivity contribution is 7.99. The third kappa shape index (κ3) is 4.40. The summed E-state index contributed by atoms with van der Waals surface area (Å²) in [6, 6.07) is 18.4. The van der Waals surface area contributed by atoms with Crippen LogP contribution in [0.4, 0.5) is 0 Å². The van der Waals surface area contributed by atoms with Gasteiger partial charge in [0.05, 0.1) is 5.75 Å². The predicted octanol–water partition coefficient (Wildman–Crippen LogP) is 4.24. The Morgan fingerprint density at radius 1 is 0.870 bits per heavy atom. The number of aromatic nitrogens is 2. The lowest BCUT2D eigenvalue weighted by Crippen LogP contribution is -2.02. The number of ether oxygens (including phenoxy) is 1. The van der Waals surface area contributed by atoms with E-state index in [0.29, 0.717) is 22.2 Å². The van der Waals surface area contributed by atoms with E-state index in [1.807, 2.05) is 30.3 Å². The zero-order valence-electron chi connectivity index (χ0n) is 12.3. The fourth-order valence-electron chi connectivity index (χ4n) is 1.91. The summed E-state index contributed by atoms with van der Waals surface area (Å²) in [7, 11) is 0. The van der Waals surface area contributed by atoms with Crippen molar-refractivity contribution in [3.63, 3.8) is 0 Å². The van der Waals surface area contributed by atoms with Gasteiger partial charge in [-0.1, -0.05) is 30.0 Å². The van der Waals surface area contributed by atoms with Crippen molar-refractivity contribution in [3.05, 3.63) is 78.6 Å². The molecular formula is C18H14N2O2S. The number of benzene rings is 2. The molecule has 0 spiro atoms. The van der Waals surface area contributed by atoms with Gasteiger partial charge in [0, 0.05) is 18.0 Å². The number of para-hydroxylation sites is 1. The zero-order chi connectivity index (χ0) is 15.9. The molecule has 0 aliphatic carbocycles. The van der Waals surface area contributed by atoms with Crippen LogP contribution in [0.2, 0.25) is 0 Å². The maximum atomic E-state index is 12.2. The second kappa shape index (κ2) is 7.56. The minimum absolute atomic E-state index is 0.0358. The van der Waals surface area contributed by atoms with E-state index in [9.17, 15) is 4.79 Å². The molecule has 4 nitrogen and oxygen atoms in total. The monoisotopic (exact) mass is 322 g/mol. The largest absolute Gasteiger partial charge is 0.457 e. The standard InChI is InChI=1S/C18H14N2O2S/c21-17(13-23-18-19-11-4-12-20-18)14-7-9-16(10-8-14)22-15-5-2-1-3-6-15/h1-12H,13H2. The first-order valence-electron chi connectivity index (χ1n) is 7.07. The lowest BCUT2D eigenvalue weighted by Gasteiger charge is -2.06. The maximum absolute atomic E-state index is 12.2. The average molecular weight is 322 g/mol. The summed E-state index contributed by atoms with van der Waals surface area (Å²) in [6.45, 7) is 0. The first-order chi connectivity index (χ1) is 11.3. The first-order valence-corrected chi connectivity index (χ1v) is 8.06. The average Bonchev–Trinajstić information content (AvgIpc) is 2.62. The molecule has 0 radical (unpaired) electrons. The van der Waals surface area contributed by atoms with E-state index in [4.69, 9.17) is 4.74 Å². The lowest BCUT2D eigenvalue weighted by atomic mass is 10.1. The number of nitrogens with zero attached hydrogens (tertiary/aromatic N) is 2. The van der Waals surface area contributed by atoms with Crippen LogP contribution < -0.4 is 4.74 Å². The molecule has 0 amide bonds. The molecular weight excluding hydrogens is 308 g/mol. The summed E-state index contributed by atoms with van der Waals surface area (Å²) < 4.78 is 5.71. The highest BCUT2D eigenvalue weighted by Gasteiger charge is 2.08. The molecule has 0 saturated heterocycles. The normalized spacial score (nSPS) is 10.3. The summed E-state index contributed by atoms with van der Waals surface area (Å²) in [6.07, 6.45) is 3.32. The molecule has 0 bridgehead atoms. The predicted molar refractivity (Wildman–Crippen MR) is 90.0 cm³/mol. The number of thioether (sulfide) groups is 1. The van der Waals surface area contributed by atoms with Gasteiger partial charge in [-0.05, 0) is 42.5 Å². The van der Waals surface area contributed by atoms with Crippen LogP contribution in [0, 0.1) is 0 Å². The highest BCUT2D eigenvalue weighted by atomic mass is 32.2. The number of hydrogen-bond donors (Lipinski definition) is 0. The van der Waals surface area contributed by atoms with Crippen molar-refractivity contribution < 1.29 is 9.53 Å². The molecule has 3 aromatic rings. The number of carbonyl (C=O) groups excluding carboxylic acids is 1. The van der Waals surface area contributed by atoms with E-state index >= 15 is 0 Å². The van der Waals surface area contributed by atoms with Crippen molar-refractivity contribution in [1.29, 1.82) is 0 Å². The van der Waals surface area contributed by atoms with Gasteiger partial charge in [0.25, 0.3) is 0 Å². The van der Waals surface area contributed by atoms with Crippen molar-refractivity contribution in [1.82, 2.24) is 9.97 Å². The Morgan fingerprint density at radius 2 is 1.52 bits per heavy atom. The zero-order valence-corrected chi connectivity index (χ0v) is 13.1. The van der Waals surface area contributed by atoms with Gasteiger partial charge in [-0.15, -0.1) is 0 Å². The molecule has 5 heteroatoms. The Morgan fingerprint density at radius 3 is 2.22 bits per heavy atom. The highest BCUT2D eigenvalue weighted by Crippen LogP contribution is 2.22. The van der Waals surface area contributed by atoms with Crippen molar-refractivity contribution >= 4 is 17.5 Å². The summed E-state index contributed by atoms with van der Waals surface area (Å²) >= 11 is 1.33. The van der Waals surface area contributed by atoms with Gasteiger partial charge in [0.2, 0.25) is 0 Å². The van der Waals surface area contributed by atoms with Crippen LogP contribution in [0.3, 0.4) is 0 Å². The number of hydrogen-bond acceptors (Lipinski definition) is 5. The molecule has 114 valence electrons. The number of Topliss-reactive ketones (excluding diaryl/α,β-unsaturated/α-hetero) is 1. The lowest BCUT2D eigenvalue weighted by molar-refractivity contribution is 0.102. The molecule has 0 aliphatic heterocycles. The van der Waals surface area contributed by atoms with Crippen LogP contribution in [0.1, 0.15) is 10.4 Å². The fraction of sp³-hybridized carbons (Fsp3) is 0.0556. The molecule has 23 heavy (non-hydrogen) atoms. The fourth-order valence-corrected chi connectivity index (χ4v) is 2.60. The van der Waals surface area contributed by atoms with E-state index in [-0.39, 0.29) is 5.78 Å². The SMILES string of the molecule is O=C(CSc1ncccn1)c1ccc(Oc2ccccc2)cc1. The first kappa shape index (κ1) is 15.2. The molecule has 0 N–H and O–H groups in total. The molecule has 1 aromatic heterocycles. The van der Waals surface area contributed by atoms with Crippen molar-refractivity contribution in [2.45, 2.75) is 5.16 Å². The minimum Gasteiger partial charge on any atom is -0.457 e. The van der Waals surface area contributed by atoms with Crippen LogP contribution >= 0.6 is 11.8 Å². The van der Waals surface area contributed by atoms with E-state index in [2.05, 4.69) is 9.97 Å². The molecule has 3 rings (SSSR count). The maximum Gasteiger partial charge on any atom is 0.187 e. The van der Waals surface area contributed by atoms with Crippen LogP contribution in [0.25, 0.3) is 0 Å². The summed E-state index contributed by atoms with van der Waals surface area (Å²) in [5, 5.41) is 0.602. The molecule has 0 unspecified atom stereocenters. The topological polar surface area (TPSA) is 52.1 Å². The van der Waals surface area contributed by atoms with Crippen LogP contribution in [0.5, 0.6) is 11.5 Å². The molecule has 0 saturated carbocycles. The van der Waals surface area contributed by atoms with Crippen LogP contribution in [-0.4, -0.2) is 21.5 Å². The second-order valence-corrected chi connectivity index (χ2v) is 5.63. The van der Waals surface area contributed by atoms with Gasteiger partial charge in [0.1, 0.15) is 11.5 Å².